The van der Waals surface area contributed by atoms with E-state index in [1.165, 1.54) is 6.08 Å². The molecule has 1 aromatic carbocycles. The number of carbonyl (C=O) groups excluding carboxylic acids is 1. The lowest BCUT2D eigenvalue weighted by Gasteiger charge is -2.08. The van der Waals surface area contributed by atoms with Gasteiger partial charge in [-0.05, 0) is 42.0 Å². The van der Waals surface area contributed by atoms with E-state index in [0.717, 1.165) is 11.1 Å². The molecule has 0 spiro atoms. The maximum absolute atomic E-state index is 12.2. The highest BCUT2D eigenvalue weighted by molar-refractivity contribution is 7.92. The zero-order valence-electron chi connectivity index (χ0n) is 15.2. The number of benzene rings is 1. The number of sulfonamides is 1. The number of anilines is 1. The first-order valence-corrected chi connectivity index (χ1v) is 10.4. The number of nitrogens with zero attached hydrogens (tertiary/aromatic N) is 2. The van der Waals surface area contributed by atoms with E-state index in [1.54, 1.807) is 59.4 Å². The van der Waals surface area contributed by atoms with Gasteiger partial charge >= 0.3 is 0 Å². The number of aromatic nitrogens is 2. The molecule has 2 N–H and O–H groups in total. The molecule has 0 unspecified atom stereocenters. The van der Waals surface area contributed by atoms with E-state index in [9.17, 15) is 13.2 Å². The molecule has 1 aliphatic heterocycles. The number of hydrogen-bond acceptors (Lipinski definition) is 6. The summed E-state index contributed by atoms with van der Waals surface area (Å²) in [4.78, 5) is 11.9. The summed E-state index contributed by atoms with van der Waals surface area (Å²) in [7, 11) is -3.60. The molecule has 0 fully saturated rings. The minimum absolute atomic E-state index is 0.0193. The average Bonchev–Trinajstić information content (AvgIpc) is 3.34. The third kappa shape index (κ3) is 4.66. The fourth-order valence-corrected chi connectivity index (χ4v) is 3.73. The largest absolute Gasteiger partial charge is 0.454 e. The van der Waals surface area contributed by atoms with Crippen LogP contribution in [0, 0.1) is 0 Å². The third-order valence-corrected chi connectivity index (χ3v) is 5.46. The molecule has 0 atom stereocenters. The summed E-state index contributed by atoms with van der Waals surface area (Å²) >= 11 is 0. The zero-order chi connectivity index (χ0) is 20.3. The Balaban J connectivity index is 1.27. The Labute approximate surface area is 167 Å². The highest BCUT2D eigenvalue weighted by Gasteiger charge is 2.13. The second-order valence-corrected chi connectivity index (χ2v) is 8.12. The molecule has 0 saturated carbocycles. The number of amides is 1. The summed E-state index contributed by atoms with van der Waals surface area (Å²) in [5.74, 6) is 0.648. The van der Waals surface area contributed by atoms with Crippen LogP contribution in [0.1, 0.15) is 5.56 Å². The predicted octanol–water partition coefficient (Wildman–Crippen LogP) is 1.63. The lowest BCUT2D eigenvalue weighted by Crippen LogP contribution is -2.30. The number of ether oxygens (including phenoxy) is 2. The van der Waals surface area contributed by atoms with Gasteiger partial charge in [0.1, 0.15) is 0 Å². The van der Waals surface area contributed by atoms with Crippen LogP contribution in [0.25, 0.3) is 11.6 Å². The maximum Gasteiger partial charge on any atom is 0.244 e. The van der Waals surface area contributed by atoms with Crippen molar-refractivity contribution >= 4 is 33.2 Å². The summed E-state index contributed by atoms with van der Waals surface area (Å²) in [6, 6.07) is 10.4. The van der Waals surface area contributed by atoms with Gasteiger partial charge in [-0.25, -0.2) is 12.9 Å². The second-order valence-electron chi connectivity index (χ2n) is 6.27. The molecule has 1 aliphatic rings. The Morgan fingerprint density at radius 3 is 2.93 bits per heavy atom. The Morgan fingerprint density at radius 1 is 1.17 bits per heavy atom. The van der Waals surface area contributed by atoms with Crippen LogP contribution in [0.5, 0.6) is 11.5 Å². The van der Waals surface area contributed by atoms with Gasteiger partial charge < -0.3 is 14.8 Å². The molecule has 4 rings (SSSR count). The monoisotopic (exact) mass is 414 g/mol. The topological polar surface area (TPSA) is 111 Å². The van der Waals surface area contributed by atoms with Crippen LogP contribution in [0.2, 0.25) is 0 Å². The van der Waals surface area contributed by atoms with Gasteiger partial charge in [0.15, 0.2) is 11.5 Å². The van der Waals surface area contributed by atoms with Crippen molar-refractivity contribution < 1.29 is 22.7 Å². The third-order valence-electron chi connectivity index (χ3n) is 4.17. The summed E-state index contributed by atoms with van der Waals surface area (Å²) in [6.07, 6.45) is 6.24. The first kappa shape index (κ1) is 18.8. The van der Waals surface area contributed by atoms with Gasteiger partial charge in [-0.2, -0.15) is 5.10 Å². The van der Waals surface area contributed by atoms with Crippen molar-refractivity contribution in [3.8, 4) is 11.5 Å². The first-order chi connectivity index (χ1) is 14.0. The van der Waals surface area contributed by atoms with Gasteiger partial charge in [0.25, 0.3) is 0 Å². The van der Waals surface area contributed by atoms with E-state index >= 15 is 0 Å². The lowest BCUT2D eigenvalue weighted by molar-refractivity contribution is -0.116. The molecule has 150 valence electrons. The number of rotatable bonds is 7. The normalized spacial score (nSPS) is 13.1. The van der Waals surface area contributed by atoms with Crippen molar-refractivity contribution in [3.63, 3.8) is 0 Å². The van der Waals surface area contributed by atoms with E-state index in [1.807, 2.05) is 0 Å². The highest BCUT2D eigenvalue weighted by atomic mass is 32.2. The van der Waals surface area contributed by atoms with Crippen LogP contribution in [-0.2, 0) is 14.8 Å². The van der Waals surface area contributed by atoms with Crippen molar-refractivity contribution in [1.82, 2.24) is 14.9 Å². The highest BCUT2D eigenvalue weighted by Crippen LogP contribution is 2.32. The number of nitrogens with one attached hydrogen (secondary N) is 2. The Morgan fingerprint density at radius 2 is 2.03 bits per heavy atom. The Kier molecular flexibility index (Phi) is 5.09. The van der Waals surface area contributed by atoms with Crippen molar-refractivity contribution in [2.24, 2.45) is 0 Å². The molecular formula is C19H18N4O5S. The summed E-state index contributed by atoms with van der Waals surface area (Å²) in [5, 5.41) is 6.61. The van der Waals surface area contributed by atoms with Crippen LogP contribution < -0.4 is 19.5 Å². The van der Waals surface area contributed by atoms with Gasteiger partial charge in [-0.1, -0.05) is 6.07 Å². The lowest BCUT2D eigenvalue weighted by atomic mass is 10.2. The number of carbonyl (C=O) groups is 1. The molecule has 29 heavy (non-hydrogen) atoms. The molecule has 0 saturated heterocycles. The van der Waals surface area contributed by atoms with E-state index in [0.29, 0.717) is 17.2 Å². The van der Waals surface area contributed by atoms with Crippen LogP contribution in [0.4, 0.5) is 5.69 Å². The minimum atomic E-state index is -3.60. The van der Waals surface area contributed by atoms with Crippen LogP contribution in [0.3, 0.4) is 0 Å². The Hall–Kier alpha value is -3.53. The Bertz CT molecular complexity index is 1190. The predicted molar refractivity (Wildman–Crippen MR) is 107 cm³/mol. The van der Waals surface area contributed by atoms with Crippen molar-refractivity contribution in [1.29, 1.82) is 0 Å². The molecular weight excluding hydrogens is 396 g/mol. The molecule has 0 bridgehead atoms. The average molecular weight is 414 g/mol. The number of fused-ring (bicyclic) bond motifs is 2. The van der Waals surface area contributed by atoms with Gasteiger partial charge in [0, 0.05) is 25.0 Å². The number of pyridine rings is 1. The van der Waals surface area contributed by atoms with Crippen LogP contribution >= 0.6 is 0 Å². The van der Waals surface area contributed by atoms with Crippen molar-refractivity contribution in [2.45, 2.75) is 0 Å². The molecule has 3 aromatic rings. The van der Waals surface area contributed by atoms with E-state index in [4.69, 9.17) is 9.47 Å². The van der Waals surface area contributed by atoms with E-state index < -0.39 is 15.9 Å². The molecule has 0 radical (unpaired) electrons. The minimum Gasteiger partial charge on any atom is -0.454 e. The first-order valence-electron chi connectivity index (χ1n) is 8.78. The molecule has 0 aliphatic carbocycles. The van der Waals surface area contributed by atoms with Crippen molar-refractivity contribution in [2.75, 3.05) is 23.8 Å². The molecule has 1 amide bonds. The van der Waals surface area contributed by atoms with Gasteiger partial charge in [0.2, 0.25) is 22.7 Å². The standard InChI is InChI=1S/C19H18N4O5S/c24-19(4-2-14-1-3-17-18(11-14)28-13-27-17)20-8-10-29(25,26)22-15-6-9-23-16(12-15)5-7-21-23/h1-7,9,11-12,22H,8,10,13H2,(H,20,24). The van der Waals surface area contributed by atoms with Gasteiger partial charge in [0.05, 0.1) is 17.0 Å². The smallest absolute Gasteiger partial charge is 0.244 e. The van der Waals surface area contributed by atoms with E-state index in [-0.39, 0.29) is 19.1 Å². The van der Waals surface area contributed by atoms with E-state index in [2.05, 4.69) is 15.1 Å². The summed E-state index contributed by atoms with van der Waals surface area (Å²) < 4.78 is 39.1. The SMILES string of the molecule is O=C(C=Cc1ccc2c(c1)OCO2)NCCS(=O)(=O)Nc1ccn2nccc2c1. The maximum atomic E-state index is 12.2. The molecule has 3 heterocycles. The molecule has 9 nitrogen and oxygen atoms in total. The van der Waals surface area contributed by atoms with Crippen LogP contribution in [-0.4, -0.2) is 43.0 Å². The van der Waals surface area contributed by atoms with Crippen molar-refractivity contribution in [3.05, 3.63) is 60.4 Å². The fraction of sp³-hybridized carbons (Fsp3) is 0.158. The fourth-order valence-electron chi connectivity index (χ4n) is 2.77. The second kappa shape index (κ2) is 7.84. The number of hydrogen-bond donors (Lipinski definition) is 2. The summed E-state index contributed by atoms with van der Waals surface area (Å²) in [6.45, 7) is 0.163. The molecule has 2 aromatic heterocycles. The van der Waals surface area contributed by atoms with Crippen LogP contribution in [0.15, 0.2) is 54.9 Å². The molecule has 10 heteroatoms. The van der Waals surface area contributed by atoms with Gasteiger partial charge in [-0.15, -0.1) is 0 Å². The summed E-state index contributed by atoms with van der Waals surface area (Å²) in [5.41, 5.74) is 1.98. The quantitative estimate of drug-likeness (QED) is 0.569. The van der Waals surface area contributed by atoms with Gasteiger partial charge in [-0.3, -0.25) is 9.52 Å². The zero-order valence-corrected chi connectivity index (χ0v) is 16.1.